The lowest BCUT2D eigenvalue weighted by Crippen LogP contribution is -2.52. The van der Waals surface area contributed by atoms with Crippen LogP contribution in [-0.2, 0) is 26.2 Å². The molecule has 1 aliphatic heterocycles. The normalized spacial score (nSPS) is 15.6. The number of sulfonamides is 1. The van der Waals surface area contributed by atoms with Crippen LogP contribution in [0.2, 0.25) is 0 Å². The fourth-order valence-corrected chi connectivity index (χ4v) is 6.06. The van der Waals surface area contributed by atoms with E-state index in [1.54, 1.807) is 47.1 Å². The third-order valence-corrected chi connectivity index (χ3v) is 8.33. The van der Waals surface area contributed by atoms with Gasteiger partial charge in [-0.2, -0.15) is 4.31 Å². The molecular weight excluding hydrogens is 505 g/mol. The summed E-state index contributed by atoms with van der Waals surface area (Å²) in [6.07, 6.45) is 1.59. The fraction of sp³-hybridized carbons (Fsp3) is 0.462. The van der Waals surface area contributed by atoms with Crippen molar-refractivity contribution in [2.24, 2.45) is 0 Å². The molecule has 7 nitrogen and oxygen atoms in total. The summed E-state index contributed by atoms with van der Waals surface area (Å²) in [5.41, 5.74) is 0.615. The van der Waals surface area contributed by atoms with Crippen LogP contribution in [0.15, 0.2) is 59.5 Å². The van der Waals surface area contributed by atoms with Crippen molar-refractivity contribution in [2.45, 2.75) is 56.0 Å². The molecule has 0 aliphatic carbocycles. The Balaban J connectivity index is 1.83. The van der Waals surface area contributed by atoms with Gasteiger partial charge in [0.15, 0.2) is 0 Å². The maximum atomic E-state index is 13.9. The number of likely N-dealkylation sites (tertiary alicyclic amines) is 1. The van der Waals surface area contributed by atoms with Gasteiger partial charge in [0.05, 0.1) is 11.4 Å². The molecule has 0 bridgehead atoms. The molecule has 3 rings (SSSR count). The summed E-state index contributed by atoms with van der Waals surface area (Å²) in [5.74, 6) is -0.917. The highest BCUT2D eigenvalue weighted by molar-refractivity contribution is 7.89. The van der Waals surface area contributed by atoms with Crippen molar-refractivity contribution in [1.82, 2.24) is 14.1 Å². The quantitative estimate of drug-likeness (QED) is 0.431. The zero-order valence-electron chi connectivity index (χ0n) is 20.6. The Morgan fingerprint density at radius 1 is 1.11 bits per heavy atom. The average Bonchev–Trinajstić information content (AvgIpc) is 2.87. The highest BCUT2D eigenvalue weighted by atomic mass is 35.5. The van der Waals surface area contributed by atoms with E-state index in [1.165, 1.54) is 28.6 Å². The van der Waals surface area contributed by atoms with Crippen molar-refractivity contribution in [3.8, 4) is 0 Å². The Labute approximate surface area is 217 Å². The molecule has 0 saturated carbocycles. The van der Waals surface area contributed by atoms with Gasteiger partial charge in [-0.05, 0) is 56.0 Å². The first-order valence-corrected chi connectivity index (χ1v) is 14.0. The third kappa shape index (κ3) is 7.05. The van der Waals surface area contributed by atoms with Gasteiger partial charge in [-0.25, -0.2) is 12.8 Å². The minimum absolute atomic E-state index is 0.130. The summed E-state index contributed by atoms with van der Waals surface area (Å²) >= 11 is 5.96. The first-order chi connectivity index (χ1) is 17.1. The SMILES string of the molecule is CCCN(CC(=O)N(Cc1cccc(F)c1)C1CCN(C(=O)C(C)Cl)CC1)S(=O)(=O)c1ccccc1. The molecular formula is C26H33ClFN3O4S. The van der Waals surface area contributed by atoms with Crippen molar-refractivity contribution in [3.63, 3.8) is 0 Å². The zero-order valence-corrected chi connectivity index (χ0v) is 22.2. The molecule has 0 radical (unpaired) electrons. The first kappa shape index (κ1) is 28.1. The summed E-state index contributed by atoms with van der Waals surface area (Å²) in [4.78, 5) is 29.4. The van der Waals surface area contributed by atoms with Gasteiger partial charge in [0.2, 0.25) is 21.8 Å². The van der Waals surface area contributed by atoms with Gasteiger partial charge in [-0.1, -0.05) is 37.3 Å². The second kappa shape index (κ2) is 12.7. The Bertz CT molecular complexity index is 1140. The number of piperidine rings is 1. The maximum Gasteiger partial charge on any atom is 0.243 e. The van der Waals surface area contributed by atoms with E-state index in [0.717, 1.165) is 0 Å². The molecule has 0 N–H and O–H groups in total. The summed E-state index contributed by atoms with van der Waals surface area (Å²) in [6, 6.07) is 13.9. The number of carbonyl (C=O) groups is 2. The van der Waals surface area contributed by atoms with Crippen molar-refractivity contribution >= 4 is 33.4 Å². The van der Waals surface area contributed by atoms with Crippen molar-refractivity contribution in [3.05, 3.63) is 66.0 Å². The molecule has 1 unspecified atom stereocenters. The smallest absolute Gasteiger partial charge is 0.243 e. The monoisotopic (exact) mass is 537 g/mol. The number of amides is 2. The Morgan fingerprint density at radius 2 is 1.78 bits per heavy atom. The minimum atomic E-state index is -3.87. The van der Waals surface area contributed by atoms with E-state index in [-0.39, 0.29) is 42.4 Å². The van der Waals surface area contributed by atoms with Crippen LogP contribution in [-0.4, -0.2) is 71.9 Å². The van der Waals surface area contributed by atoms with Crippen molar-refractivity contribution in [1.29, 1.82) is 0 Å². The van der Waals surface area contributed by atoms with Crippen LogP contribution < -0.4 is 0 Å². The standard InChI is InChI=1S/C26H33ClFN3O4S/c1-3-14-30(36(34,35)24-10-5-4-6-11-24)19-25(32)31(18-21-8-7-9-22(28)17-21)23-12-15-29(16-13-23)26(33)20(2)27/h4-11,17,20,23H,3,12-16,18-19H2,1-2H3. The van der Waals surface area contributed by atoms with Crippen LogP contribution in [0.3, 0.4) is 0 Å². The predicted molar refractivity (Wildman–Crippen MR) is 137 cm³/mol. The van der Waals surface area contributed by atoms with E-state index in [4.69, 9.17) is 11.6 Å². The van der Waals surface area contributed by atoms with E-state index in [9.17, 15) is 22.4 Å². The average molecular weight is 538 g/mol. The summed E-state index contributed by atoms with van der Waals surface area (Å²) in [7, 11) is -3.87. The number of benzene rings is 2. The summed E-state index contributed by atoms with van der Waals surface area (Å²) in [5, 5.41) is -0.627. The largest absolute Gasteiger partial charge is 0.341 e. The zero-order chi connectivity index (χ0) is 26.3. The Hall–Kier alpha value is -2.49. The minimum Gasteiger partial charge on any atom is -0.341 e. The summed E-state index contributed by atoms with van der Waals surface area (Å²) in [6.45, 7) is 4.38. The molecule has 196 valence electrons. The second-order valence-corrected chi connectivity index (χ2v) is 11.6. The molecule has 1 fully saturated rings. The van der Waals surface area contributed by atoms with Crippen molar-refractivity contribution < 1.29 is 22.4 Å². The lowest BCUT2D eigenvalue weighted by Gasteiger charge is -2.39. The number of hydrogen-bond acceptors (Lipinski definition) is 4. The molecule has 1 atom stereocenters. The van der Waals surface area contributed by atoms with Crippen LogP contribution in [0.5, 0.6) is 0 Å². The lowest BCUT2D eigenvalue weighted by molar-refractivity contribution is -0.137. The molecule has 2 aromatic rings. The molecule has 1 aliphatic rings. The van der Waals surface area contributed by atoms with Gasteiger partial charge in [0.25, 0.3) is 0 Å². The lowest BCUT2D eigenvalue weighted by atomic mass is 10.0. The highest BCUT2D eigenvalue weighted by Crippen LogP contribution is 2.23. The highest BCUT2D eigenvalue weighted by Gasteiger charge is 2.33. The summed E-state index contributed by atoms with van der Waals surface area (Å²) < 4.78 is 41.7. The maximum absolute atomic E-state index is 13.9. The van der Waals surface area contributed by atoms with Gasteiger partial charge in [-0.15, -0.1) is 11.6 Å². The van der Waals surface area contributed by atoms with Crippen LogP contribution in [0, 0.1) is 5.82 Å². The van der Waals surface area contributed by atoms with E-state index in [2.05, 4.69) is 0 Å². The van der Waals surface area contributed by atoms with Crippen LogP contribution >= 0.6 is 11.6 Å². The van der Waals surface area contributed by atoms with Gasteiger partial charge < -0.3 is 9.80 Å². The Kier molecular flexibility index (Phi) is 9.87. The molecule has 10 heteroatoms. The van der Waals surface area contributed by atoms with Crippen LogP contribution in [0.25, 0.3) is 0 Å². The molecule has 2 amide bonds. The number of halogens is 2. The molecule has 1 heterocycles. The number of alkyl halides is 1. The molecule has 1 saturated heterocycles. The van der Waals surface area contributed by atoms with E-state index < -0.39 is 21.2 Å². The molecule has 2 aromatic carbocycles. The van der Waals surface area contributed by atoms with Gasteiger partial charge in [0.1, 0.15) is 11.2 Å². The van der Waals surface area contributed by atoms with Gasteiger partial charge >= 0.3 is 0 Å². The molecule has 36 heavy (non-hydrogen) atoms. The number of nitrogens with zero attached hydrogens (tertiary/aromatic N) is 3. The topological polar surface area (TPSA) is 78.0 Å². The van der Waals surface area contributed by atoms with E-state index in [1.807, 2.05) is 6.92 Å². The number of hydrogen-bond donors (Lipinski definition) is 0. The van der Waals surface area contributed by atoms with Crippen LogP contribution in [0.1, 0.15) is 38.7 Å². The Morgan fingerprint density at radius 3 is 2.36 bits per heavy atom. The number of rotatable bonds is 10. The first-order valence-electron chi connectivity index (χ1n) is 12.2. The number of carbonyl (C=O) groups excluding carboxylic acids is 2. The van der Waals surface area contributed by atoms with Gasteiger partial charge in [-0.3, -0.25) is 9.59 Å². The fourth-order valence-electron chi connectivity index (χ4n) is 4.42. The second-order valence-electron chi connectivity index (χ2n) is 8.98. The van der Waals surface area contributed by atoms with Gasteiger partial charge in [0, 0.05) is 32.2 Å². The molecule has 0 spiro atoms. The van der Waals surface area contributed by atoms with E-state index in [0.29, 0.717) is 37.9 Å². The van der Waals surface area contributed by atoms with Crippen LogP contribution in [0.4, 0.5) is 4.39 Å². The third-order valence-electron chi connectivity index (χ3n) is 6.29. The predicted octanol–water partition coefficient (Wildman–Crippen LogP) is 3.87. The molecule has 0 aromatic heterocycles. The van der Waals surface area contributed by atoms with Crippen molar-refractivity contribution in [2.75, 3.05) is 26.2 Å². The van der Waals surface area contributed by atoms with E-state index >= 15 is 0 Å².